The highest BCUT2D eigenvalue weighted by Gasteiger charge is 2.09. The molecule has 16 heavy (non-hydrogen) atoms. The Morgan fingerprint density at radius 2 is 2.06 bits per heavy atom. The Kier molecular flexibility index (Phi) is 4.76. The van der Waals surface area contributed by atoms with E-state index in [0.717, 1.165) is 0 Å². The number of nitrogens with zero attached hydrogens (tertiary/aromatic N) is 1. The van der Waals surface area contributed by atoms with E-state index in [1.54, 1.807) is 17.0 Å². The lowest BCUT2D eigenvalue weighted by Crippen LogP contribution is -2.34. The molecule has 0 unspecified atom stereocenters. The van der Waals surface area contributed by atoms with Gasteiger partial charge in [0.15, 0.2) is 6.61 Å². The summed E-state index contributed by atoms with van der Waals surface area (Å²) in [7, 11) is 0. The van der Waals surface area contributed by atoms with Crippen molar-refractivity contribution in [3.8, 4) is 5.75 Å². The van der Waals surface area contributed by atoms with Crippen LogP contribution < -0.4 is 4.74 Å². The second-order valence-electron chi connectivity index (χ2n) is 3.31. The molecule has 0 aliphatic carbocycles. The van der Waals surface area contributed by atoms with Crippen LogP contribution in [0.4, 0.5) is 4.39 Å². The third kappa shape index (κ3) is 3.53. The maximum absolute atomic E-state index is 12.8. The molecule has 0 atom stereocenters. The van der Waals surface area contributed by atoms with Crippen molar-refractivity contribution in [2.75, 3.05) is 19.7 Å². The molecular weight excluding hydrogens is 209 g/mol. The van der Waals surface area contributed by atoms with Gasteiger partial charge in [0.2, 0.25) is 0 Å². The highest BCUT2D eigenvalue weighted by atomic mass is 19.1. The molecule has 0 bridgehead atoms. The predicted octanol–water partition coefficient (Wildman–Crippen LogP) is 2.07. The van der Waals surface area contributed by atoms with E-state index < -0.39 is 0 Å². The number of carbonyl (C=O) groups is 1. The quantitative estimate of drug-likeness (QED) is 0.767. The highest BCUT2D eigenvalue weighted by Crippen LogP contribution is 2.11. The van der Waals surface area contributed by atoms with Crippen molar-refractivity contribution in [1.29, 1.82) is 0 Å². The van der Waals surface area contributed by atoms with Crippen molar-refractivity contribution in [2.24, 2.45) is 0 Å². The molecule has 0 aliphatic heterocycles. The summed E-state index contributed by atoms with van der Waals surface area (Å²) in [4.78, 5) is 13.2. The Balaban J connectivity index is 2.48. The number of carbonyl (C=O) groups excluding carboxylic acids is 1. The topological polar surface area (TPSA) is 29.5 Å². The van der Waals surface area contributed by atoms with Crippen LogP contribution >= 0.6 is 0 Å². The molecule has 0 saturated heterocycles. The zero-order valence-corrected chi connectivity index (χ0v) is 9.57. The largest absolute Gasteiger partial charge is 0.484 e. The second kappa shape index (κ2) is 6.10. The summed E-state index contributed by atoms with van der Waals surface area (Å²) in [6.45, 7) is 5.07. The van der Waals surface area contributed by atoms with E-state index in [0.29, 0.717) is 18.8 Å². The molecular formula is C12H16FNO2. The van der Waals surface area contributed by atoms with E-state index in [1.807, 2.05) is 13.8 Å². The first kappa shape index (κ1) is 12.5. The number of likely N-dealkylation sites (N-methyl/N-ethyl adjacent to an activating group) is 1. The summed E-state index contributed by atoms with van der Waals surface area (Å²) in [5.41, 5.74) is 0. The van der Waals surface area contributed by atoms with Crippen molar-refractivity contribution in [3.63, 3.8) is 0 Å². The summed E-state index contributed by atoms with van der Waals surface area (Å²) >= 11 is 0. The van der Waals surface area contributed by atoms with E-state index >= 15 is 0 Å². The average molecular weight is 225 g/mol. The summed E-state index contributed by atoms with van der Waals surface area (Å²) in [6.07, 6.45) is 0. The van der Waals surface area contributed by atoms with Crippen molar-refractivity contribution >= 4 is 5.91 Å². The van der Waals surface area contributed by atoms with E-state index in [-0.39, 0.29) is 18.3 Å². The zero-order valence-electron chi connectivity index (χ0n) is 9.57. The van der Waals surface area contributed by atoms with Crippen LogP contribution in [0.3, 0.4) is 0 Å². The van der Waals surface area contributed by atoms with Gasteiger partial charge in [0.05, 0.1) is 0 Å². The number of halogens is 1. The molecule has 0 aromatic heterocycles. The number of ether oxygens (including phenoxy) is 1. The molecule has 0 saturated carbocycles. The van der Waals surface area contributed by atoms with Gasteiger partial charge in [-0.05, 0) is 26.0 Å². The Morgan fingerprint density at radius 1 is 1.38 bits per heavy atom. The third-order valence-electron chi connectivity index (χ3n) is 2.27. The molecule has 0 fully saturated rings. The number of amides is 1. The fraction of sp³-hybridized carbons (Fsp3) is 0.417. The normalized spacial score (nSPS) is 9.94. The summed E-state index contributed by atoms with van der Waals surface area (Å²) in [5, 5.41) is 0. The van der Waals surface area contributed by atoms with E-state index in [4.69, 9.17) is 4.74 Å². The summed E-state index contributed by atoms with van der Waals surface area (Å²) < 4.78 is 18.0. The minimum atomic E-state index is -0.368. The molecule has 1 amide bonds. The fourth-order valence-electron chi connectivity index (χ4n) is 1.37. The van der Waals surface area contributed by atoms with E-state index in [1.165, 1.54) is 12.1 Å². The van der Waals surface area contributed by atoms with Crippen LogP contribution in [0.25, 0.3) is 0 Å². The first-order valence-corrected chi connectivity index (χ1v) is 5.33. The van der Waals surface area contributed by atoms with Crippen molar-refractivity contribution < 1.29 is 13.9 Å². The maximum Gasteiger partial charge on any atom is 0.260 e. The van der Waals surface area contributed by atoms with Gasteiger partial charge >= 0.3 is 0 Å². The zero-order chi connectivity index (χ0) is 12.0. The Labute approximate surface area is 94.8 Å². The molecule has 3 nitrogen and oxygen atoms in total. The van der Waals surface area contributed by atoms with Gasteiger partial charge < -0.3 is 9.64 Å². The number of rotatable bonds is 5. The summed E-state index contributed by atoms with van der Waals surface area (Å²) in [5.74, 6) is -0.0810. The molecule has 0 heterocycles. The van der Waals surface area contributed by atoms with Crippen LogP contribution in [-0.4, -0.2) is 30.5 Å². The maximum atomic E-state index is 12.8. The van der Waals surface area contributed by atoms with Crippen LogP contribution in [0.1, 0.15) is 13.8 Å². The lowest BCUT2D eigenvalue weighted by Gasteiger charge is -2.18. The highest BCUT2D eigenvalue weighted by molar-refractivity contribution is 5.77. The van der Waals surface area contributed by atoms with Gasteiger partial charge in [0, 0.05) is 19.2 Å². The Bertz CT molecular complexity index is 351. The van der Waals surface area contributed by atoms with Gasteiger partial charge in [-0.15, -0.1) is 0 Å². The first-order chi connectivity index (χ1) is 7.67. The van der Waals surface area contributed by atoms with Gasteiger partial charge in [-0.25, -0.2) is 4.39 Å². The lowest BCUT2D eigenvalue weighted by atomic mass is 10.3. The number of hydrogen-bond donors (Lipinski definition) is 0. The van der Waals surface area contributed by atoms with Gasteiger partial charge in [0.25, 0.3) is 5.91 Å². The number of benzene rings is 1. The minimum Gasteiger partial charge on any atom is -0.484 e. The monoisotopic (exact) mass is 225 g/mol. The van der Waals surface area contributed by atoms with Crippen molar-refractivity contribution in [1.82, 2.24) is 4.90 Å². The van der Waals surface area contributed by atoms with Crippen LogP contribution in [-0.2, 0) is 4.79 Å². The van der Waals surface area contributed by atoms with Gasteiger partial charge in [-0.1, -0.05) is 6.07 Å². The van der Waals surface area contributed by atoms with Crippen LogP contribution in [0.2, 0.25) is 0 Å². The molecule has 0 N–H and O–H groups in total. The van der Waals surface area contributed by atoms with Crippen molar-refractivity contribution in [3.05, 3.63) is 30.1 Å². The molecule has 1 rings (SSSR count). The average Bonchev–Trinajstić information content (AvgIpc) is 2.28. The van der Waals surface area contributed by atoms with Crippen molar-refractivity contribution in [2.45, 2.75) is 13.8 Å². The first-order valence-electron chi connectivity index (χ1n) is 5.33. The standard InChI is InChI=1S/C12H16FNO2/c1-3-14(4-2)12(15)9-16-11-7-5-6-10(13)8-11/h5-8H,3-4,9H2,1-2H3. The Morgan fingerprint density at radius 3 is 2.62 bits per heavy atom. The molecule has 0 radical (unpaired) electrons. The molecule has 1 aromatic carbocycles. The summed E-state index contributed by atoms with van der Waals surface area (Å²) in [6, 6.07) is 5.76. The smallest absolute Gasteiger partial charge is 0.260 e. The minimum absolute atomic E-state index is 0.0505. The number of hydrogen-bond acceptors (Lipinski definition) is 2. The fourth-order valence-corrected chi connectivity index (χ4v) is 1.37. The van der Waals surface area contributed by atoms with Crippen LogP contribution in [0.5, 0.6) is 5.75 Å². The molecule has 0 aliphatic rings. The van der Waals surface area contributed by atoms with E-state index in [2.05, 4.69) is 0 Å². The van der Waals surface area contributed by atoms with Crippen LogP contribution in [0.15, 0.2) is 24.3 Å². The second-order valence-corrected chi connectivity index (χ2v) is 3.31. The van der Waals surface area contributed by atoms with Gasteiger partial charge in [0.1, 0.15) is 11.6 Å². The molecule has 88 valence electrons. The van der Waals surface area contributed by atoms with Crippen LogP contribution in [0, 0.1) is 5.82 Å². The lowest BCUT2D eigenvalue weighted by molar-refractivity contribution is -0.132. The van der Waals surface area contributed by atoms with Gasteiger partial charge in [-0.3, -0.25) is 4.79 Å². The third-order valence-corrected chi connectivity index (χ3v) is 2.27. The molecule has 1 aromatic rings. The SMILES string of the molecule is CCN(CC)C(=O)COc1cccc(F)c1. The Hall–Kier alpha value is -1.58. The molecule has 4 heteroatoms. The molecule has 0 spiro atoms. The van der Waals surface area contributed by atoms with E-state index in [9.17, 15) is 9.18 Å². The predicted molar refractivity (Wildman–Crippen MR) is 59.8 cm³/mol. The van der Waals surface area contributed by atoms with Gasteiger partial charge in [-0.2, -0.15) is 0 Å².